The van der Waals surface area contributed by atoms with Crippen LogP contribution in [0.25, 0.3) is 0 Å². The normalized spacial score (nSPS) is 12.2. The van der Waals surface area contributed by atoms with Crippen LogP contribution in [0.15, 0.2) is 63.9 Å². The Morgan fingerprint density at radius 1 is 1.00 bits per heavy atom. The summed E-state index contributed by atoms with van der Waals surface area (Å²) in [7, 11) is -0.261. The van der Waals surface area contributed by atoms with E-state index < -0.39 is 10.0 Å². The number of amidine groups is 1. The van der Waals surface area contributed by atoms with E-state index in [1.54, 1.807) is 61.5 Å². The fourth-order valence-corrected chi connectivity index (χ4v) is 2.98. The van der Waals surface area contributed by atoms with E-state index >= 15 is 0 Å². The first kappa shape index (κ1) is 15.5. The molecule has 0 bridgehead atoms. The maximum atomic E-state index is 12.3. The van der Waals surface area contributed by atoms with E-state index in [-0.39, 0.29) is 4.90 Å². The lowest BCUT2D eigenvalue weighted by atomic mass is 10.2. The topological polar surface area (TPSA) is 49.7 Å². The quantitative estimate of drug-likeness (QED) is 0.644. The van der Waals surface area contributed by atoms with Gasteiger partial charge in [-0.2, -0.15) is 8.42 Å². The van der Waals surface area contributed by atoms with Gasteiger partial charge in [0.1, 0.15) is 5.84 Å². The summed E-state index contributed by atoms with van der Waals surface area (Å²) < 4.78 is 28.6. The summed E-state index contributed by atoms with van der Waals surface area (Å²) in [6, 6.07) is 15.0. The molecule has 0 saturated heterocycles. The maximum absolute atomic E-state index is 12.3. The molecule has 2 rings (SSSR count). The molecule has 0 spiro atoms. The van der Waals surface area contributed by atoms with Crippen LogP contribution >= 0.6 is 11.6 Å². The van der Waals surface area contributed by atoms with Crippen molar-refractivity contribution in [3.8, 4) is 0 Å². The van der Waals surface area contributed by atoms with Gasteiger partial charge in [0.15, 0.2) is 0 Å². The Morgan fingerprint density at radius 3 is 2.10 bits per heavy atom. The number of hydrogen-bond donors (Lipinski definition) is 0. The molecule has 0 aliphatic heterocycles. The summed E-state index contributed by atoms with van der Waals surface area (Å²) in [6.45, 7) is 0. The molecule has 0 radical (unpaired) electrons. The minimum absolute atomic E-state index is 0.165. The maximum Gasteiger partial charge on any atom is 0.284 e. The second kappa shape index (κ2) is 6.28. The van der Waals surface area contributed by atoms with Gasteiger partial charge in [0.2, 0.25) is 0 Å². The predicted molar refractivity (Wildman–Crippen MR) is 85.3 cm³/mol. The van der Waals surface area contributed by atoms with E-state index in [1.807, 2.05) is 0 Å². The average Bonchev–Trinajstić information content (AvgIpc) is 2.47. The van der Waals surface area contributed by atoms with Crippen molar-refractivity contribution in [1.82, 2.24) is 4.90 Å². The first-order valence-electron chi connectivity index (χ1n) is 6.23. The molecule has 0 aliphatic rings. The highest BCUT2D eigenvalue weighted by Crippen LogP contribution is 2.16. The van der Waals surface area contributed by atoms with Crippen molar-refractivity contribution in [2.75, 3.05) is 14.1 Å². The van der Waals surface area contributed by atoms with E-state index in [0.717, 1.165) is 0 Å². The van der Waals surface area contributed by atoms with Crippen molar-refractivity contribution in [1.29, 1.82) is 0 Å². The summed E-state index contributed by atoms with van der Waals surface area (Å²) in [6.07, 6.45) is 0. The number of halogens is 1. The van der Waals surface area contributed by atoms with Crippen LogP contribution < -0.4 is 0 Å². The van der Waals surface area contributed by atoms with E-state index in [9.17, 15) is 8.42 Å². The lowest BCUT2D eigenvalue weighted by Gasteiger charge is -2.16. The largest absolute Gasteiger partial charge is 0.362 e. The molecule has 2 aromatic rings. The molecule has 0 aliphatic carbocycles. The van der Waals surface area contributed by atoms with Crippen molar-refractivity contribution < 1.29 is 8.42 Å². The van der Waals surface area contributed by atoms with Crippen LogP contribution in [-0.4, -0.2) is 33.2 Å². The Morgan fingerprint density at radius 2 is 1.57 bits per heavy atom. The molecule has 0 heterocycles. The van der Waals surface area contributed by atoms with Gasteiger partial charge in [-0.3, -0.25) is 0 Å². The van der Waals surface area contributed by atoms with Gasteiger partial charge in [0.05, 0.1) is 4.90 Å². The monoisotopic (exact) mass is 322 g/mol. The Bertz CT molecular complexity index is 739. The van der Waals surface area contributed by atoms with Crippen LogP contribution in [0.3, 0.4) is 0 Å². The minimum Gasteiger partial charge on any atom is -0.362 e. The first-order valence-corrected chi connectivity index (χ1v) is 8.05. The Hall–Kier alpha value is -1.85. The summed E-state index contributed by atoms with van der Waals surface area (Å²) in [5.74, 6) is 0.357. The average molecular weight is 323 g/mol. The number of benzene rings is 2. The summed E-state index contributed by atoms with van der Waals surface area (Å²) in [5.41, 5.74) is 0.684. The van der Waals surface area contributed by atoms with Gasteiger partial charge in [-0.05, 0) is 36.4 Å². The molecule has 110 valence electrons. The second-order valence-electron chi connectivity index (χ2n) is 4.60. The molecular formula is C15H15ClN2O2S. The third-order valence-electron chi connectivity index (χ3n) is 2.77. The first-order chi connectivity index (χ1) is 9.90. The zero-order chi connectivity index (χ0) is 15.5. The molecule has 0 unspecified atom stereocenters. The van der Waals surface area contributed by atoms with Gasteiger partial charge in [-0.15, -0.1) is 4.40 Å². The number of rotatable bonds is 3. The minimum atomic E-state index is -3.75. The van der Waals surface area contributed by atoms with Crippen LogP contribution in [0.2, 0.25) is 5.02 Å². The SMILES string of the molecule is CN(C)/C(=N/S(=O)(=O)c1ccccc1)c1ccc(Cl)cc1. The fourth-order valence-electron chi connectivity index (χ4n) is 1.75. The smallest absolute Gasteiger partial charge is 0.284 e. The van der Waals surface area contributed by atoms with Crippen molar-refractivity contribution in [3.05, 3.63) is 65.2 Å². The van der Waals surface area contributed by atoms with Crippen molar-refractivity contribution in [2.24, 2.45) is 4.40 Å². The zero-order valence-corrected chi connectivity index (χ0v) is 13.3. The summed E-state index contributed by atoms with van der Waals surface area (Å²) in [5, 5.41) is 0.586. The zero-order valence-electron chi connectivity index (χ0n) is 11.7. The Labute approximate surface area is 129 Å². The number of hydrogen-bond acceptors (Lipinski definition) is 2. The van der Waals surface area contributed by atoms with Gasteiger partial charge in [-0.1, -0.05) is 29.8 Å². The van der Waals surface area contributed by atoms with Gasteiger partial charge in [0.25, 0.3) is 10.0 Å². The predicted octanol–water partition coefficient (Wildman–Crippen LogP) is 3.04. The highest BCUT2D eigenvalue weighted by Gasteiger charge is 2.16. The molecule has 2 aromatic carbocycles. The molecule has 21 heavy (non-hydrogen) atoms. The van der Waals surface area contributed by atoms with Crippen LogP contribution in [0.1, 0.15) is 5.56 Å². The Kier molecular flexibility index (Phi) is 4.65. The molecule has 0 N–H and O–H groups in total. The van der Waals surface area contributed by atoms with Crippen LogP contribution in [0.5, 0.6) is 0 Å². The van der Waals surface area contributed by atoms with E-state index in [4.69, 9.17) is 11.6 Å². The lowest BCUT2D eigenvalue weighted by molar-refractivity contribution is 0.592. The molecule has 0 saturated carbocycles. The van der Waals surface area contributed by atoms with E-state index in [1.165, 1.54) is 12.1 Å². The van der Waals surface area contributed by atoms with Crippen molar-refractivity contribution in [2.45, 2.75) is 4.90 Å². The molecule has 6 heteroatoms. The fraction of sp³-hybridized carbons (Fsp3) is 0.133. The second-order valence-corrected chi connectivity index (χ2v) is 6.64. The molecule has 0 fully saturated rings. The summed E-state index contributed by atoms with van der Waals surface area (Å²) in [4.78, 5) is 1.82. The molecule has 0 atom stereocenters. The van der Waals surface area contributed by atoms with Gasteiger partial charge >= 0.3 is 0 Å². The van der Waals surface area contributed by atoms with Crippen molar-refractivity contribution >= 4 is 27.5 Å². The summed E-state index contributed by atoms with van der Waals surface area (Å²) >= 11 is 5.85. The third-order valence-corrected chi connectivity index (χ3v) is 4.31. The highest BCUT2D eigenvalue weighted by molar-refractivity contribution is 7.90. The van der Waals surface area contributed by atoms with Crippen molar-refractivity contribution in [3.63, 3.8) is 0 Å². The van der Waals surface area contributed by atoms with E-state index in [2.05, 4.69) is 4.40 Å². The van der Waals surface area contributed by atoms with Gasteiger partial charge in [0, 0.05) is 24.7 Å². The standard InChI is InChI=1S/C15H15ClN2O2S/c1-18(2)15(12-8-10-13(16)11-9-12)17-21(19,20)14-6-4-3-5-7-14/h3-11H,1-2H3/b17-15+. The number of sulfonamides is 1. The van der Waals surface area contributed by atoms with Crippen LogP contribution in [0.4, 0.5) is 0 Å². The third kappa shape index (κ3) is 3.83. The van der Waals surface area contributed by atoms with Gasteiger partial charge < -0.3 is 4.90 Å². The lowest BCUT2D eigenvalue weighted by Crippen LogP contribution is -2.24. The van der Waals surface area contributed by atoms with Crippen LogP contribution in [0, 0.1) is 0 Å². The van der Waals surface area contributed by atoms with E-state index in [0.29, 0.717) is 16.4 Å². The number of nitrogens with zero attached hydrogens (tertiary/aromatic N) is 2. The molecule has 4 nitrogen and oxygen atoms in total. The van der Waals surface area contributed by atoms with Gasteiger partial charge in [-0.25, -0.2) is 0 Å². The molecule has 0 amide bonds. The highest BCUT2D eigenvalue weighted by atomic mass is 35.5. The molecule has 0 aromatic heterocycles. The Balaban J connectivity index is 2.50. The molecular weight excluding hydrogens is 308 g/mol. The van der Waals surface area contributed by atoms with Crippen LogP contribution in [-0.2, 0) is 10.0 Å².